The van der Waals surface area contributed by atoms with E-state index in [-0.39, 0.29) is 0 Å². The number of benzene rings is 2. The summed E-state index contributed by atoms with van der Waals surface area (Å²) in [5, 5.41) is 15.9. The molecule has 144 valence electrons. The lowest BCUT2D eigenvalue weighted by Gasteiger charge is -2.13. The molecule has 0 saturated carbocycles. The Morgan fingerprint density at radius 3 is 2.63 bits per heavy atom. The summed E-state index contributed by atoms with van der Waals surface area (Å²) in [7, 11) is 0. The smallest absolute Gasteiger partial charge is 0.195 e. The number of hydrogen-bond donors (Lipinski definition) is 3. The number of guanidine groups is 1. The van der Waals surface area contributed by atoms with Crippen LogP contribution in [0.4, 0.5) is 5.69 Å². The first kappa shape index (κ1) is 18.9. The predicted molar refractivity (Wildman–Crippen MR) is 108 cm³/mol. The van der Waals surface area contributed by atoms with Gasteiger partial charge in [0, 0.05) is 31.3 Å². The maximum absolute atomic E-state index is 9.33. The molecule has 1 heterocycles. The summed E-state index contributed by atoms with van der Waals surface area (Å²) in [5.41, 5.74) is 2.11. The van der Waals surface area contributed by atoms with E-state index in [4.69, 9.17) is 9.47 Å². The van der Waals surface area contributed by atoms with Gasteiger partial charge in [0.1, 0.15) is 5.75 Å². The molecule has 0 spiro atoms. The van der Waals surface area contributed by atoms with Crippen LogP contribution in [0.25, 0.3) is 0 Å². The normalized spacial score (nSPS) is 13.7. The average molecular weight is 369 g/mol. The van der Waals surface area contributed by atoms with Crippen LogP contribution >= 0.6 is 0 Å². The lowest BCUT2D eigenvalue weighted by Crippen LogP contribution is -2.30. The quantitative estimate of drug-likeness (QED) is 0.412. The number of fused-ring (bicyclic) bond motifs is 1. The zero-order chi connectivity index (χ0) is 18.9. The second-order valence-corrected chi connectivity index (χ2v) is 6.37. The topological polar surface area (TPSA) is 75.1 Å². The van der Waals surface area contributed by atoms with E-state index in [1.165, 1.54) is 5.56 Å². The monoisotopic (exact) mass is 369 g/mol. The fourth-order valence-electron chi connectivity index (χ4n) is 2.82. The van der Waals surface area contributed by atoms with Gasteiger partial charge in [0.05, 0.1) is 13.2 Å². The van der Waals surface area contributed by atoms with E-state index in [1.807, 2.05) is 37.3 Å². The molecule has 2 aromatic rings. The summed E-state index contributed by atoms with van der Waals surface area (Å²) in [6.45, 7) is 4.89. The van der Waals surface area contributed by atoms with Crippen LogP contribution < -0.4 is 20.1 Å². The standard InChI is InChI=1S/C21H27N3O3/c1-2-22-21(23-12-3-5-16-6-9-18(25)10-7-16)24-17-8-11-19-20(15-17)27-14-4-13-26-19/h6-11,15,25H,2-5,12-14H2,1H3,(H2,22,23,24). The van der Waals surface area contributed by atoms with Crippen LogP contribution in [-0.4, -0.2) is 37.4 Å². The first-order valence-corrected chi connectivity index (χ1v) is 9.47. The fourth-order valence-corrected chi connectivity index (χ4v) is 2.82. The van der Waals surface area contributed by atoms with Crippen molar-refractivity contribution < 1.29 is 14.6 Å². The molecule has 2 aromatic carbocycles. The number of phenols is 1. The second kappa shape index (κ2) is 9.71. The van der Waals surface area contributed by atoms with Gasteiger partial charge in [-0.1, -0.05) is 12.1 Å². The van der Waals surface area contributed by atoms with E-state index in [0.717, 1.165) is 49.0 Å². The van der Waals surface area contributed by atoms with Crippen molar-refractivity contribution in [3.63, 3.8) is 0 Å². The maximum atomic E-state index is 9.33. The summed E-state index contributed by atoms with van der Waals surface area (Å²) in [5.74, 6) is 2.60. The molecular formula is C21H27N3O3. The molecule has 0 unspecified atom stereocenters. The van der Waals surface area contributed by atoms with Gasteiger partial charge in [-0.05, 0) is 49.6 Å². The molecule has 0 radical (unpaired) electrons. The number of nitrogens with one attached hydrogen (secondary N) is 2. The molecule has 0 fully saturated rings. The van der Waals surface area contributed by atoms with E-state index in [1.54, 1.807) is 12.1 Å². The van der Waals surface area contributed by atoms with Gasteiger partial charge in [0.15, 0.2) is 17.5 Å². The first-order chi connectivity index (χ1) is 13.2. The van der Waals surface area contributed by atoms with Gasteiger partial charge in [0.2, 0.25) is 0 Å². The number of hydrogen-bond acceptors (Lipinski definition) is 4. The number of anilines is 1. The molecule has 0 amide bonds. The van der Waals surface area contributed by atoms with Crippen molar-refractivity contribution in [2.45, 2.75) is 26.2 Å². The molecular weight excluding hydrogens is 342 g/mol. The molecule has 27 heavy (non-hydrogen) atoms. The number of aliphatic imine (C=N–C) groups is 1. The minimum atomic E-state index is 0.297. The summed E-state index contributed by atoms with van der Waals surface area (Å²) in [6, 6.07) is 13.2. The zero-order valence-corrected chi connectivity index (χ0v) is 15.7. The molecule has 6 nitrogen and oxygen atoms in total. The van der Waals surface area contributed by atoms with Crippen LogP contribution in [0, 0.1) is 0 Å². The van der Waals surface area contributed by atoms with E-state index < -0.39 is 0 Å². The Morgan fingerprint density at radius 2 is 1.85 bits per heavy atom. The van der Waals surface area contributed by atoms with Crippen LogP contribution in [0.3, 0.4) is 0 Å². The maximum Gasteiger partial charge on any atom is 0.195 e. The number of aryl methyl sites for hydroxylation is 1. The molecule has 0 aliphatic carbocycles. The number of nitrogens with zero attached hydrogens (tertiary/aromatic N) is 1. The third kappa shape index (κ3) is 5.81. The summed E-state index contributed by atoms with van der Waals surface area (Å²) < 4.78 is 11.4. The highest BCUT2D eigenvalue weighted by Gasteiger charge is 2.11. The van der Waals surface area contributed by atoms with E-state index in [0.29, 0.717) is 25.5 Å². The Labute approximate surface area is 160 Å². The predicted octanol–water partition coefficient (Wildman–Crippen LogP) is 3.56. The Kier molecular flexibility index (Phi) is 6.79. The number of ether oxygens (including phenoxy) is 2. The molecule has 3 rings (SSSR count). The molecule has 0 bridgehead atoms. The molecule has 3 N–H and O–H groups in total. The lowest BCUT2D eigenvalue weighted by atomic mass is 10.1. The largest absolute Gasteiger partial charge is 0.508 e. The van der Waals surface area contributed by atoms with Crippen molar-refractivity contribution in [1.29, 1.82) is 0 Å². The van der Waals surface area contributed by atoms with Crippen molar-refractivity contribution in [3.05, 3.63) is 48.0 Å². The molecule has 1 aliphatic heterocycles. The number of aromatic hydroxyl groups is 1. The molecule has 1 aliphatic rings. The highest BCUT2D eigenvalue weighted by molar-refractivity contribution is 5.93. The van der Waals surface area contributed by atoms with Gasteiger partial charge in [-0.3, -0.25) is 4.99 Å². The minimum absolute atomic E-state index is 0.297. The van der Waals surface area contributed by atoms with Gasteiger partial charge in [0.25, 0.3) is 0 Å². The zero-order valence-electron chi connectivity index (χ0n) is 15.7. The van der Waals surface area contributed by atoms with E-state index in [9.17, 15) is 5.11 Å². The minimum Gasteiger partial charge on any atom is -0.508 e. The average Bonchev–Trinajstić information content (AvgIpc) is 2.92. The third-order valence-corrected chi connectivity index (χ3v) is 4.18. The second-order valence-electron chi connectivity index (χ2n) is 6.37. The van der Waals surface area contributed by atoms with Crippen LogP contribution in [-0.2, 0) is 6.42 Å². The summed E-state index contributed by atoms with van der Waals surface area (Å²) >= 11 is 0. The van der Waals surface area contributed by atoms with Crippen LogP contribution in [0.15, 0.2) is 47.5 Å². The van der Waals surface area contributed by atoms with Crippen molar-refractivity contribution in [2.24, 2.45) is 4.99 Å². The Balaban J connectivity index is 1.57. The first-order valence-electron chi connectivity index (χ1n) is 9.47. The van der Waals surface area contributed by atoms with Crippen molar-refractivity contribution >= 4 is 11.6 Å². The van der Waals surface area contributed by atoms with Gasteiger partial charge in [-0.2, -0.15) is 0 Å². The van der Waals surface area contributed by atoms with Crippen LogP contribution in [0.2, 0.25) is 0 Å². The highest BCUT2D eigenvalue weighted by Crippen LogP contribution is 2.32. The molecule has 0 aromatic heterocycles. The number of rotatable bonds is 6. The van der Waals surface area contributed by atoms with Crippen LogP contribution in [0.1, 0.15) is 25.3 Å². The van der Waals surface area contributed by atoms with Gasteiger partial charge < -0.3 is 25.2 Å². The molecule has 6 heteroatoms. The summed E-state index contributed by atoms with van der Waals surface area (Å²) in [6.07, 6.45) is 2.75. The molecule has 0 atom stereocenters. The third-order valence-electron chi connectivity index (χ3n) is 4.18. The van der Waals surface area contributed by atoms with E-state index in [2.05, 4.69) is 15.6 Å². The van der Waals surface area contributed by atoms with Gasteiger partial charge in [-0.15, -0.1) is 0 Å². The van der Waals surface area contributed by atoms with Crippen LogP contribution in [0.5, 0.6) is 17.2 Å². The van der Waals surface area contributed by atoms with Crippen molar-refractivity contribution in [2.75, 3.05) is 31.6 Å². The highest BCUT2D eigenvalue weighted by atomic mass is 16.5. The Hall–Kier alpha value is -2.89. The van der Waals surface area contributed by atoms with Crippen molar-refractivity contribution in [3.8, 4) is 17.2 Å². The Bertz CT molecular complexity index is 760. The van der Waals surface area contributed by atoms with E-state index >= 15 is 0 Å². The van der Waals surface area contributed by atoms with Crippen molar-refractivity contribution in [1.82, 2.24) is 5.32 Å². The lowest BCUT2D eigenvalue weighted by molar-refractivity contribution is 0.297. The van der Waals surface area contributed by atoms with Gasteiger partial charge in [-0.25, -0.2) is 0 Å². The van der Waals surface area contributed by atoms with Gasteiger partial charge >= 0.3 is 0 Å². The Morgan fingerprint density at radius 1 is 1.07 bits per heavy atom. The fraction of sp³-hybridized carbons (Fsp3) is 0.381. The molecule has 0 saturated heterocycles. The number of phenolic OH excluding ortho intramolecular Hbond substituents is 1. The SMILES string of the molecule is CCNC(=NCCCc1ccc(O)cc1)Nc1ccc2c(c1)OCCCO2. The summed E-state index contributed by atoms with van der Waals surface area (Å²) in [4.78, 5) is 4.64.